The van der Waals surface area contributed by atoms with Gasteiger partial charge in [-0.3, -0.25) is 9.48 Å². The lowest BCUT2D eigenvalue weighted by molar-refractivity contribution is 0.0618. The number of hydrogen-bond acceptors (Lipinski definition) is 3. The van der Waals surface area contributed by atoms with Gasteiger partial charge in [-0.1, -0.05) is 6.92 Å². The Kier molecular flexibility index (Phi) is 3.71. The molecule has 100 valence electrons. The van der Waals surface area contributed by atoms with Crippen LogP contribution in [0.3, 0.4) is 0 Å². The molecule has 0 bridgehead atoms. The maximum absolute atomic E-state index is 12.5. The molecule has 1 fully saturated rings. The summed E-state index contributed by atoms with van der Waals surface area (Å²) >= 11 is 0. The largest absolute Gasteiger partial charge is 0.336 e. The number of amides is 1. The van der Waals surface area contributed by atoms with Crippen LogP contribution < -0.4 is 5.73 Å². The Labute approximate surface area is 108 Å². The van der Waals surface area contributed by atoms with E-state index in [1.54, 1.807) is 4.68 Å². The molecular formula is C13H22N4O. The minimum absolute atomic E-state index is 0.0966. The highest BCUT2D eigenvalue weighted by Gasteiger charge is 2.29. The zero-order chi connectivity index (χ0) is 13.3. The molecule has 5 heteroatoms. The third kappa shape index (κ3) is 2.41. The Balaban J connectivity index is 2.20. The molecule has 0 aromatic carbocycles. The van der Waals surface area contributed by atoms with E-state index in [0.29, 0.717) is 0 Å². The molecule has 18 heavy (non-hydrogen) atoms. The van der Waals surface area contributed by atoms with E-state index < -0.39 is 0 Å². The number of nitrogens with two attached hydrogens (primary N) is 1. The van der Waals surface area contributed by atoms with Crippen molar-refractivity contribution in [1.82, 2.24) is 14.7 Å². The number of carbonyl (C=O) groups excluding carboxylic acids is 1. The minimum Gasteiger partial charge on any atom is -0.336 e. The third-order valence-electron chi connectivity index (χ3n) is 3.65. The summed E-state index contributed by atoms with van der Waals surface area (Å²) < 4.78 is 1.71. The number of aromatic nitrogens is 2. The SMILES string of the molecule is CCc1nn(C)cc1C(=O)N1CCC(N)CC1C. The van der Waals surface area contributed by atoms with Crippen molar-refractivity contribution in [2.75, 3.05) is 6.54 Å². The molecule has 1 aromatic rings. The zero-order valence-electron chi connectivity index (χ0n) is 11.4. The summed E-state index contributed by atoms with van der Waals surface area (Å²) in [5.41, 5.74) is 7.55. The van der Waals surface area contributed by atoms with Crippen molar-refractivity contribution >= 4 is 5.91 Å². The van der Waals surface area contributed by atoms with Crippen LogP contribution in [0, 0.1) is 0 Å². The molecule has 2 unspecified atom stereocenters. The maximum atomic E-state index is 12.5. The summed E-state index contributed by atoms with van der Waals surface area (Å²) in [7, 11) is 1.85. The van der Waals surface area contributed by atoms with E-state index in [4.69, 9.17) is 5.73 Å². The second-order valence-electron chi connectivity index (χ2n) is 5.15. The van der Waals surface area contributed by atoms with E-state index in [1.807, 2.05) is 25.1 Å². The Hall–Kier alpha value is -1.36. The highest BCUT2D eigenvalue weighted by molar-refractivity contribution is 5.95. The Morgan fingerprint density at radius 3 is 2.94 bits per heavy atom. The van der Waals surface area contributed by atoms with Crippen LogP contribution in [0.15, 0.2) is 6.20 Å². The van der Waals surface area contributed by atoms with Crippen molar-refractivity contribution < 1.29 is 4.79 Å². The summed E-state index contributed by atoms with van der Waals surface area (Å²) in [5.74, 6) is 0.0966. The summed E-state index contributed by atoms with van der Waals surface area (Å²) in [6.07, 6.45) is 4.37. The van der Waals surface area contributed by atoms with E-state index >= 15 is 0 Å². The molecule has 1 saturated heterocycles. The van der Waals surface area contributed by atoms with Gasteiger partial charge in [-0.05, 0) is 26.2 Å². The number of rotatable bonds is 2. The molecule has 1 aromatic heterocycles. The van der Waals surface area contributed by atoms with Crippen LogP contribution in [0.2, 0.25) is 0 Å². The molecule has 0 radical (unpaired) electrons. The number of carbonyl (C=O) groups is 1. The van der Waals surface area contributed by atoms with Crippen LogP contribution in [-0.4, -0.2) is 39.2 Å². The van der Waals surface area contributed by atoms with Crippen molar-refractivity contribution in [3.8, 4) is 0 Å². The predicted molar refractivity (Wildman–Crippen MR) is 70.3 cm³/mol. The second kappa shape index (κ2) is 5.10. The zero-order valence-corrected chi connectivity index (χ0v) is 11.4. The molecule has 0 aliphatic carbocycles. The first-order valence-corrected chi connectivity index (χ1v) is 6.62. The normalized spacial score (nSPS) is 24.3. The van der Waals surface area contributed by atoms with Crippen molar-refractivity contribution in [2.45, 2.75) is 45.2 Å². The van der Waals surface area contributed by atoms with Crippen LogP contribution in [0.1, 0.15) is 42.7 Å². The number of piperidine rings is 1. The van der Waals surface area contributed by atoms with E-state index in [0.717, 1.165) is 37.1 Å². The molecule has 0 saturated carbocycles. The van der Waals surface area contributed by atoms with Gasteiger partial charge in [-0.15, -0.1) is 0 Å². The number of hydrogen-bond donors (Lipinski definition) is 1. The quantitative estimate of drug-likeness (QED) is 0.849. The predicted octanol–water partition coefficient (Wildman–Crippen LogP) is 0.934. The first-order valence-electron chi connectivity index (χ1n) is 6.62. The van der Waals surface area contributed by atoms with Gasteiger partial charge < -0.3 is 10.6 Å². The topological polar surface area (TPSA) is 64.2 Å². The smallest absolute Gasteiger partial charge is 0.257 e. The standard InChI is InChI=1S/C13H22N4O/c1-4-12-11(8-16(3)15-12)13(18)17-6-5-10(14)7-9(17)2/h8-10H,4-7,14H2,1-3H3. The van der Waals surface area contributed by atoms with Crippen LogP contribution in [0.4, 0.5) is 0 Å². The lowest BCUT2D eigenvalue weighted by Gasteiger charge is -2.36. The van der Waals surface area contributed by atoms with Gasteiger partial charge in [0.25, 0.3) is 5.91 Å². The molecule has 2 N–H and O–H groups in total. The third-order valence-corrected chi connectivity index (χ3v) is 3.65. The first kappa shape index (κ1) is 13.1. The molecule has 2 heterocycles. The van der Waals surface area contributed by atoms with Crippen LogP contribution in [-0.2, 0) is 13.5 Å². The fraction of sp³-hybridized carbons (Fsp3) is 0.692. The Morgan fingerprint density at radius 2 is 2.33 bits per heavy atom. The molecule has 1 amide bonds. The Morgan fingerprint density at radius 1 is 1.61 bits per heavy atom. The number of aryl methyl sites for hydroxylation is 2. The van der Waals surface area contributed by atoms with Gasteiger partial charge in [-0.25, -0.2) is 0 Å². The first-order chi connectivity index (χ1) is 8.52. The monoisotopic (exact) mass is 250 g/mol. The molecule has 5 nitrogen and oxygen atoms in total. The fourth-order valence-electron chi connectivity index (χ4n) is 2.64. The summed E-state index contributed by atoms with van der Waals surface area (Å²) in [5, 5.41) is 4.33. The van der Waals surface area contributed by atoms with Gasteiger partial charge in [0.1, 0.15) is 0 Å². The molecule has 2 atom stereocenters. The highest BCUT2D eigenvalue weighted by Crippen LogP contribution is 2.20. The van der Waals surface area contributed by atoms with E-state index in [9.17, 15) is 4.79 Å². The summed E-state index contributed by atoms with van der Waals surface area (Å²) in [4.78, 5) is 14.5. The summed E-state index contributed by atoms with van der Waals surface area (Å²) in [6.45, 7) is 4.84. The minimum atomic E-state index is 0.0966. The lowest BCUT2D eigenvalue weighted by Crippen LogP contribution is -2.48. The average Bonchev–Trinajstić information content (AvgIpc) is 2.69. The van der Waals surface area contributed by atoms with Gasteiger partial charge in [0.2, 0.25) is 0 Å². The fourth-order valence-corrected chi connectivity index (χ4v) is 2.64. The highest BCUT2D eigenvalue weighted by atomic mass is 16.2. The second-order valence-corrected chi connectivity index (χ2v) is 5.15. The molecular weight excluding hydrogens is 228 g/mol. The molecule has 1 aliphatic rings. The van der Waals surface area contributed by atoms with Gasteiger partial charge >= 0.3 is 0 Å². The van der Waals surface area contributed by atoms with Crippen LogP contribution in [0.25, 0.3) is 0 Å². The van der Waals surface area contributed by atoms with Crippen LogP contribution in [0.5, 0.6) is 0 Å². The molecule has 1 aliphatic heterocycles. The van der Waals surface area contributed by atoms with E-state index in [1.165, 1.54) is 0 Å². The molecule has 0 spiro atoms. The van der Waals surface area contributed by atoms with Crippen LogP contribution >= 0.6 is 0 Å². The Bertz CT molecular complexity index is 440. The van der Waals surface area contributed by atoms with Gasteiger partial charge in [0.15, 0.2) is 0 Å². The van der Waals surface area contributed by atoms with Crippen molar-refractivity contribution in [1.29, 1.82) is 0 Å². The van der Waals surface area contributed by atoms with Gasteiger partial charge in [0, 0.05) is 31.9 Å². The van der Waals surface area contributed by atoms with Gasteiger partial charge in [0.05, 0.1) is 11.3 Å². The lowest BCUT2D eigenvalue weighted by atomic mass is 9.98. The van der Waals surface area contributed by atoms with E-state index in [2.05, 4.69) is 12.0 Å². The van der Waals surface area contributed by atoms with E-state index in [-0.39, 0.29) is 18.0 Å². The van der Waals surface area contributed by atoms with Crippen molar-refractivity contribution in [3.63, 3.8) is 0 Å². The summed E-state index contributed by atoms with van der Waals surface area (Å²) in [6, 6.07) is 0.440. The molecule has 2 rings (SSSR count). The maximum Gasteiger partial charge on any atom is 0.257 e. The number of nitrogens with zero attached hydrogens (tertiary/aromatic N) is 3. The number of likely N-dealkylation sites (tertiary alicyclic amines) is 1. The van der Waals surface area contributed by atoms with Gasteiger partial charge in [-0.2, -0.15) is 5.10 Å². The average molecular weight is 250 g/mol. The van der Waals surface area contributed by atoms with Crippen molar-refractivity contribution in [3.05, 3.63) is 17.5 Å². The van der Waals surface area contributed by atoms with Crippen molar-refractivity contribution in [2.24, 2.45) is 12.8 Å².